The molecule has 3 rings (SSSR count). The highest BCUT2D eigenvalue weighted by Gasteiger charge is 2.44. The maximum atomic E-state index is 12.9. The summed E-state index contributed by atoms with van der Waals surface area (Å²) in [4.78, 5) is 41.2. The van der Waals surface area contributed by atoms with Gasteiger partial charge in [-0.15, -0.1) is 0 Å². The minimum absolute atomic E-state index is 0.147. The average Bonchev–Trinajstić information content (AvgIpc) is 3.00. The zero-order valence-corrected chi connectivity index (χ0v) is 12.9. The third kappa shape index (κ3) is 2.12. The monoisotopic (exact) mass is 300 g/mol. The van der Waals surface area contributed by atoms with Gasteiger partial charge < -0.3 is 4.90 Å². The Labute approximate surface area is 129 Å². The Morgan fingerprint density at radius 3 is 2.77 bits per heavy atom. The summed E-state index contributed by atoms with van der Waals surface area (Å²) in [6.45, 7) is 4.32. The first-order chi connectivity index (χ1) is 10.6. The molecule has 5 heteroatoms. The Morgan fingerprint density at radius 1 is 1.32 bits per heavy atom. The van der Waals surface area contributed by atoms with Crippen molar-refractivity contribution in [2.75, 3.05) is 11.4 Å². The molecule has 0 aromatic heterocycles. The molecule has 22 heavy (non-hydrogen) atoms. The van der Waals surface area contributed by atoms with E-state index in [1.165, 1.54) is 4.90 Å². The first kappa shape index (κ1) is 14.8. The fraction of sp³-hybridized carbons (Fsp3) is 0.471. The van der Waals surface area contributed by atoms with Gasteiger partial charge in [-0.1, -0.05) is 26.0 Å². The van der Waals surface area contributed by atoms with Crippen LogP contribution >= 0.6 is 0 Å². The van der Waals surface area contributed by atoms with Crippen LogP contribution in [0.4, 0.5) is 5.69 Å². The third-order valence-electron chi connectivity index (χ3n) is 4.65. The predicted molar refractivity (Wildman–Crippen MR) is 82.4 cm³/mol. The summed E-state index contributed by atoms with van der Waals surface area (Å²) < 4.78 is 0. The first-order valence-corrected chi connectivity index (χ1v) is 7.84. The lowest BCUT2D eigenvalue weighted by atomic mass is 10.0. The van der Waals surface area contributed by atoms with Crippen molar-refractivity contribution in [1.82, 2.24) is 4.90 Å². The van der Waals surface area contributed by atoms with Gasteiger partial charge in [0, 0.05) is 12.5 Å². The normalized spacial score (nSPS) is 22.2. The molecular formula is C17H20N2O3. The number of carbonyl (C=O) groups excluding carboxylic acids is 3. The predicted octanol–water partition coefficient (Wildman–Crippen LogP) is 2.21. The Morgan fingerprint density at radius 2 is 2.05 bits per heavy atom. The summed E-state index contributed by atoms with van der Waals surface area (Å²) in [5.74, 6) is -0.881. The number of hydrogen-bond acceptors (Lipinski definition) is 3. The molecule has 0 radical (unpaired) electrons. The van der Waals surface area contributed by atoms with Gasteiger partial charge in [-0.3, -0.25) is 14.4 Å². The maximum Gasteiger partial charge on any atom is 0.256 e. The van der Waals surface area contributed by atoms with E-state index in [1.807, 2.05) is 13.8 Å². The van der Waals surface area contributed by atoms with E-state index in [2.05, 4.69) is 0 Å². The van der Waals surface area contributed by atoms with Gasteiger partial charge in [-0.05, 0) is 31.4 Å². The number of carbonyl (C=O) groups is 3. The van der Waals surface area contributed by atoms with Crippen molar-refractivity contribution in [1.29, 1.82) is 0 Å². The largest absolute Gasteiger partial charge is 0.327 e. The minimum atomic E-state index is -0.507. The van der Waals surface area contributed by atoms with E-state index in [4.69, 9.17) is 0 Å². The lowest BCUT2D eigenvalue weighted by Gasteiger charge is -2.26. The zero-order valence-electron chi connectivity index (χ0n) is 12.9. The summed E-state index contributed by atoms with van der Waals surface area (Å²) in [6, 6.07) is 6.40. The van der Waals surface area contributed by atoms with Gasteiger partial charge in [-0.25, -0.2) is 4.90 Å². The highest BCUT2D eigenvalue weighted by atomic mass is 16.2. The Bertz CT molecular complexity index is 641. The van der Waals surface area contributed by atoms with Crippen molar-refractivity contribution in [2.45, 2.75) is 39.2 Å². The Balaban J connectivity index is 2.14. The molecule has 1 saturated heterocycles. The quantitative estimate of drug-likeness (QED) is 0.841. The van der Waals surface area contributed by atoms with E-state index >= 15 is 0 Å². The van der Waals surface area contributed by atoms with Crippen LogP contribution in [-0.2, 0) is 9.59 Å². The number of nitrogens with zero attached hydrogens (tertiary/aromatic N) is 2. The molecule has 0 unspecified atom stereocenters. The maximum absolute atomic E-state index is 12.9. The highest BCUT2D eigenvalue weighted by molar-refractivity contribution is 6.22. The molecule has 116 valence electrons. The van der Waals surface area contributed by atoms with Gasteiger partial charge in [0.15, 0.2) is 0 Å². The van der Waals surface area contributed by atoms with E-state index in [0.717, 1.165) is 6.42 Å². The van der Waals surface area contributed by atoms with E-state index in [0.29, 0.717) is 30.6 Å². The van der Waals surface area contributed by atoms with Gasteiger partial charge in [-0.2, -0.15) is 0 Å². The van der Waals surface area contributed by atoms with Crippen LogP contribution in [0.1, 0.15) is 43.5 Å². The van der Waals surface area contributed by atoms with Crippen molar-refractivity contribution in [3.8, 4) is 0 Å². The second kappa shape index (κ2) is 5.55. The second-order valence-electron chi connectivity index (χ2n) is 5.99. The summed E-state index contributed by atoms with van der Waals surface area (Å²) in [5.41, 5.74) is 0.870. The second-order valence-corrected chi connectivity index (χ2v) is 5.99. The van der Waals surface area contributed by atoms with Crippen LogP contribution in [0.25, 0.3) is 0 Å². The topological polar surface area (TPSA) is 57.7 Å². The van der Waals surface area contributed by atoms with Crippen LogP contribution in [0.3, 0.4) is 0 Å². The van der Waals surface area contributed by atoms with E-state index in [-0.39, 0.29) is 23.6 Å². The van der Waals surface area contributed by atoms with Gasteiger partial charge in [0.2, 0.25) is 5.91 Å². The zero-order chi connectivity index (χ0) is 15.9. The van der Waals surface area contributed by atoms with Crippen LogP contribution in [0, 0.1) is 5.92 Å². The smallest absolute Gasteiger partial charge is 0.256 e. The van der Waals surface area contributed by atoms with Crippen molar-refractivity contribution >= 4 is 23.4 Å². The number of para-hydroxylation sites is 1. The lowest BCUT2D eigenvalue weighted by molar-refractivity contribution is -0.130. The van der Waals surface area contributed by atoms with Crippen LogP contribution in [0.2, 0.25) is 0 Å². The molecular weight excluding hydrogens is 280 g/mol. The number of imide groups is 1. The third-order valence-corrected chi connectivity index (χ3v) is 4.65. The molecule has 2 aliphatic rings. The van der Waals surface area contributed by atoms with Crippen LogP contribution in [0.5, 0.6) is 0 Å². The van der Waals surface area contributed by atoms with E-state index in [9.17, 15) is 14.4 Å². The molecule has 3 amide bonds. The van der Waals surface area contributed by atoms with Gasteiger partial charge >= 0.3 is 0 Å². The van der Waals surface area contributed by atoms with Crippen LogP contribution in [-0.4, -0.2) is 35.2 Å². The Hall–Kier alpha value is -2.17. The molecule has 5 nitrogen and oxygen atoms in total. The van der Waals surface area contributed by atoms with Gasteiger partial charge in [0.1, 0.15) is 6.04 Å². The molecule has 1 aromatic carbocycles. The highest BCUT2D eigenvalue weighted by Crippen LogP contribution is 2.33. The number of benzene rings is 1. The summed E-state index contributed by atoms with van der Waals surface area (Å²) in [5, 5.41) is 0. The van der Waals surface area contributed by atoms with Gasteiger partial charge in [0.05, 0.1) is 11.3 Å². The van der Waals surface area contributed by atoms with E-state index in [1.54, 1.807) is 29.2 Å². The molecule has 0 saturated carbocycles. The molecule has 0 N–H and O–H groups in total. The molecule has 0 bridgehead atoms. The fourth-order valence-corrected chi connectivity index (χ4v) is 3.16. The summed E-state index contributed by atoms with van der Waals surface area (Å²) >= 11 is 0. The fourth-order valence-electron chi connectivity index (χ4n) is 3.16. The summed E-state index contributed by atoms with van der Waals surface area (Å²) in [6.07, 6.45) is 2.09. The number of hydrogen-bond donors (Lipinski definition) is 0. The number of anilines is 1. The average molecular weight is 300 g/mol. The molecule has 1 aromatic rings. The number of fused-ring (bicyclic) bond motifs is 2. The number of amides is 3. The van der Waals surface area contributed by atoms with Crippen molar-refractivity contribution in [3.63, 3.8) is 0 Å². The Kier molecular flexibility index (Phi) is 3.72. The van der Waals surface area contributed by atoms with Crippen molar-refractivity contribution < 1.29 is 14.4 Å². The SMILES string of the molecule is CC[C@@H](C)C(=O)N1C(=O)[C@@H]2CCCN2C(=O)c2ccccc21. The molecule has 1 fully saturated rings. The summed E-state index contributed by atoms with van der Waals surface area (Å²) in [7, 11) is 0. The molecule has 2 atom stereocenters. The van der Waals surface area contributed by atoms with Crippen LogP contribution < -0.4 is 4.90 Å². The lowest BCUT2D eigenvalue weighted by Crippen LogP contribution is -2.48. The standard InChI is InChI=1S/C17H20N2O3/c1-3-11(2)15(20)19-13-8-5-4-7-12(13)16(21)18-10-6-9-14(18)17(19)22/h4-5,7-8,11,14H,3,6,9-10H2,1-2H3/t11-,14+/m1/s1. The van der Waals surface area contributed by atoms with E-state index < -0.39 is 6.04 Å². The molecule has 0 spiro atoms. The number of rotatable bonds is 2. The van der Waals surface area contributed by atoms with Crippen molar-refractivity contribution in [3.05, 3.63) is 29.8 Å². The van der Waals surface area contributed by atoms with Gasteiger partial charge in [0.25, 0.3) is 11.8 Å². The minimum Gasteiger partial charge on any atom is -0.327 e. The van der Waals surface area contributed by atoms with Crippen molar-refractivity contribution in [2.24, 2.45) is 5.92 Å². The van der Waals surface area contributed by atoms with Crippen LogP contribution in [0.15, 0.2) is 24.3 Å². The molecule has 2 aliphatic heterocycles. The molecule has 2 heterocycles. The first-order valence-electron chi connectivity index (χ1n) is 7.84. The molecule has 0 aliphatic carbocycles.